The highest BCUT2D eigenvalue weighted by atomic mass is 19.3. The average molecular weight is 189 g/mol. The molecule has 5 heteroatoms. The summed E-state index contributed by atoms with van der Waals surface area (Å²) in [6.45, 7) is 0.820. The maximum absolute atomic E-state index is 12.7. The van der Waals surface area contributed by atoms with E-state index in [9.17, 15) is 8.78 Å². The third-order valence-corrected chi connectivity index (χ3v) is 1.97. The smallest absolute Gasteiger partial charge is 0.260 e. The summed E-state index contributed by atoms with van der Waals surface area (Å²) in [7, 11) is 1.75. The predicted molar refractivity (Wildman–Crippen MR) is 45.5 cm³/mol. The predicted octanol–water partition coefficient (Wildman–Crippen LogP) is 0.945. The van der Waals surface area contributed by atoms with Crippen LogP contribution in [0.25, 0.3) is 0 Å². The number of halogens is 2. The first kappa shape index (κ1) is 10.1. The second-order valence-electron chi connectivity index (χ2n) is 3.22. The van der Waals surface area contributed by atoms with Crippen LogP contribution in [0.1, 0.15) is 12.7 Å². The lowest BCUT2D eigenvalue weighted by molar-refractivity contribution is -0.00585. The molecule has 13 heavy (non-hydrogen) atoms. The van der Waals surface area contributed by atoms with Crippen molar-refractivity contribution in [3.63, 3.8) is 0 Å². The van der Waals surface area contributed by atoms with Crippen LogP contribution >= 0.6 is 0 Å². The van der Waals surface area contributed by atoms with E-state index in [-0.39, 0.29) is 6.42 Å². The van der Waals surface area contributed by atoms with Crippen molar-refractivity contribution in [3.05, 3.63) is 18.2 Å². The van der Waals surface area contributed by atoms with Gasteiger partial charge < -0.3 is 10.3 Å². The zero-order valence-corrected chi connectivity index (χ0v) is 7.67. The molecule has 1 unspecified atom stereocenters. The molecule has 1 atom stereocenters. The number of rotatable bonds is 3. The fourth-order valence-electron chi connectivity index (χ4n) is 0.969. The molecule has 1 rings (SSSR count). The molecule has 0 aliphatic rings. The minimum atomic E-state index is -2.86. The summed E-state index contributed by atoms with van der Waals surface area (Å²) < 4.78 is 27.0. The van der Waals surface area contributed by atoms with Crippen LogP contribution in [0.4, 0.5) is 8.78 Å². The van der Waals surface area contributed by atoms with Crippen LogP contribution in [-0.2, 0) is 13.5 Å². The first-order chi connectivity index (χ1) is 5.91. The third-order valence-electron chi connectivity index (χ3n) is 1.97. The number of imidazole rings is 1. The molecule has 0 aromatic carbocycles. The Hall–Kier alpha value is -0.970. The summed E-state index contributed by atoms with van der Waals surface area (Å²) in [5.74, 6) is -2.28. The molecule has 0 spiro atoms. The highest BCUT2D eigenvalue weighted by Gasteiger charge is 2.31. The van der Waals surface area contributed by atoms with Gasteiger partial charge in [0, 0.05) is 32.8 Å². The molecule has 1 aromatic heterocycles. The zero-order valence-electron chi connectivity index (χ0n) is 7.67. The molecule has 0 bridgehead atoms. The van der Waals surface area contributed by atoms with Crippen molar-refractivity contribution in [1.29, 1.82) is 0 Å². The first-order valence-electron chi connectivity index (χ1n) is 4.01. The van der Waals surface area contributed by atoms with Gasteiger partial charge in [0.25, 0.3) is 5.92 Å². The van der Waals surface area contributed by atoms with Gasteiger partial charge in [0.05, 0.1) is 6.04 Å². The van der Waals surface area contributed by atoms with E-state index in [1.54, 1.807) is 24.0 Å². The van der Waals surface area contributed by atoms with Gasteiger partial charge in [-0.05, 0) is 0 Å². The highest BCUT2D eigenvalue weighted by Crippen LogP contribution is 2.18. The maximum Gasteiger partial charge on any atom is 0.260 e. The van der Waals surface area contributed by atoms with Gasteiger partial charge in [0.15, 0.2) is 0 Å². The van der Waals surface area contributed by atoms with Crippen molar-refractivity contribution in [2.75, 3.05) is 0 Å². The number of hydrogen-bond acceptors (Lipinski definition) is 2. The summed E-state index contributed by atoms with van der Waals surface area (Å²) in [5.41, 5.74) is 5.31. The Balaban J connectivity index is 2.65. The molecule has 0 fully saturated rings. The van der Waals surface area contributed by atoms with Gasteiger partial charge in [-0.25, -0.2) is 13.8 Å². The summed E-state index contributed by atoms with van der Waals surface area (Å²) in [6, 6.07) is -1.17. The van der Waals surface area contributed by atoms with Crippen molar-refractivity contribution < 1.29 is 8.78 Å². The van der Waals surface area contributed by atoms with E-state index in [0.29, 0.717) is 5.82 Å². The number of aryl methyl sites for hydroxylation is 1. The molecule has 0 saturated heterocycles. The second-order valence-corrected chi connectivity index (χ2v) is 3.22. The van der Waals surface area contributed by atoms with Crippen LogP contribution in [0.5, 0.6) is 0 Å². The van der Waals surface area contributed by atoms with Crippen LogP contribution < -0.4 is 5.73 Å². The minimum absolute atomic E-state index is 0.0903. The summed E-state index contributed by atoms with van der Waals surface area (Å²) in [4.78, 5) is 3.92. The zero-order chi connectivity index (χ0) is 10.1. The summed E-state index contributed by atoms with van der Waals surface area (Å²) in [6.07, 6.45) is 3.36. The lowest BCUT2D eigenvalue weighted by Crippen LogP contribution is -2.40. The van der Waals surface area contributed by atoms with E-state index in [0.717, 1.165) is 6.92 Å². The van der Waals surface area contributed by atoms with Crippen molar-refractivity contribution in [1.82, 2.24) is 9.55 Å². The lowest BCUT2D eigenvalue weighted by Gasteiger charge is -2.18. The minimum Gasteiger partial charge on any atom is -0.338 e. The normalized spacial score (nSPS) is 14.5. The SMILES string of the molecule is Cn1ccnc1CC(N)C(C)(F)F. The molecular weight excluding hydrogens is 176 g/mol. The molecule has 0 aliphatic carbocycles. The fourth-order valence-corrected chi connectivity index (χ4v) is 0.969. The molecular formula is C8H13F2N3. The van der Waals surface area contributed by atoms with Crippen molar-refractivity contribution >= 4 is 0 Å². The molecule has 2 N–H and O–H groups in total. The van der Waals surface area contributed by atoms with Crippen molar-refractivity contribution in [3.8, 4) is 0 Å². The first-order valence-corrected chi connectivity index (χ1v) is 4.01. The van der Waals surface area contributed by atoms with Gasteiger partial charge in [0.2, 0.25) is 0 Å². The van der Waals surface area contributed by atoms with Gasteiger partial charge in [0.1, 0.15) is 5.82 Å². The Morgan fingerprint density at radius 3 is 2.69 bits per heavy atom. The van der Waals surface area contributed by atoms with E-state index in [1.165, 1.54) is 0 Å². The van der Waals surface area contributed by atoms with Crippen LogP contribution in [-0.4, -0.2) is 21.5 Å². The van der Waals surface area contributed by atoms with Gasteiger partial charge in [-0.1, -0.05) is 0 Å². The quantitative estimate of drug-likeness (QED) is 0.769. The molecule has 0 amide bonds. The Kier molecular flexibility index (Phi) is 2.66. The van der Waals surface area contributed by atoms with Crippen LogP contribution in [0, 0.1) is 0 Å². The maximum atomic E-state index is 12.7. The van der Waals surface area contributed by atoms with Crippen molar-refractivity contribution in [2.24, 2.45) is 12.8 Å². The van der Waals surface area contributed by atoms with Gasteiger partial charge in [-0.3, -0.25) is 0 Å². The monoisotopic (exact) mass is 189 g/mol. The molecule has 0 radical (unpaired) electrons. The van der Waals surface area contributed by atoms with E-state index in [1.807, 2.05) is 0 Å². The van der Waals surface area contributed by atoms with Gasteiger partial charge >= 0.3 is 0 Å². The van der Waals surface area contributed by atoms with E-state index >= 15 is 0 Å². The second kappa shape index (κ2) is 3.41. The van der Waals surface area contributed by atoms with E-state index in [2.05, 4.69) is 4.98 Å². The molecule has 0 aliphatic heterocycles. The van der Waals surface area contributed by atoms with E-state index in [4.69, 9.17) is 5.73 Å². The number of hydrogen-bond donors (Lipinski definition) is 1. The largest absolute Gasteiger partial charge is 0.338 e. The summed E-state index contributed by atoms with van der Waals surface area (Å²) >= 11 is 0. The standard InChI is InChI=1S/C8H13F2N3/c1-8(9,10)6(11)5-7-12-3-4-13(7)2/h3-4,6H,5,11H2,1-2H3. The number of nitrogens with zero attached hydrogens (tertiary/aromatic N) is 2. The number of alkyl halides is 2. The van der Waals surface area contributed by atoms with Crippen molar-refractivity contribution in [2.45, 2.75) is 25.3 Å². The Bertz CT molecular complexity index is 277. The van der Waals surface area contributed by atoms with Gasteiger partial charge in [-0.2, -0.15) is 0 Å². The Morgan fingerprint density at radius 2 is 2.31 bits per heavy atom. The van der Waals surface area contributed by atoms with Gasteiger partial charge in [-0.15, -0.1) is 0 Å². The Labute approximate surface area is 75.6 Å². The number of aromatic nitrogens is 2. The summed E-state index contributed by atoms with van der Waals surface area (Å²) in [5, 5.41) is 0. The third kappa shape index (κ3) is 2.48. The fraction of sp³-hybridized carbons (Fsp3) is 0.625. The molecule has 74 valence electrons. The highest BCUT2D eigenvalue weighted by molar-refractivity contribution is 4.96. The van der Waals surface area contributed by atoms with Crippen LogP contribution in [0.15, 0.2) is 12.4 Å². The molecule has 3 nitrogen and oxygen atoms in total. The number of nitrogens with two attached hydrogens (primary N) is 1. The van der Waals surface area contributed by atoms with Crippen LogP contribution in [0.2, 0.25) is 0 Å². The topological polar surface area (TPSA) is 43.8 Å². The van der Waals surface area contributed by atoms with Crippen LogP contribution in [0.3, 0.4) is 0 Å². The molecule has 1 heterocycles. The van der Waals surface area contributed by atoms with E-state index < -0.39 is 12.0 Å². The molecule has 0 saturated carbocycles. The molecule has 1 aromatic rings. The lowest BCUT2D eigenvalue weighted by atomic mass is 10.1. The Morgan fingerprint density at radius 1 is 1.69 bits per heavy atom. The average Bonchev–Trinajstić information content (AvgIpc) is 2.34.